The van der Waals surface area contributed by atoms with E-state index in [1.165, 1.54) is 24.5 Å². The second kappa shape index (κ2) is 11.4. The van der Waals surface area contributed by atoms with Crippen molar-refractivity contribution in [1.29, 1.82) is 0 Å². The molecule has 0 bridgehead atoms. The topological polar surface area (TPSA) is 105 Å². The molecule has 8 nitrogen and oxygen atoms in total. The molecule has 39 heavy (non-hydrogen) atoms. The van der Waals surface area contributed by atoms with Crippen LogP contribution in [0.1, 0.15) is 40.0 Å². The summed E-state index contributed by atoms with van der Waals surface area (Å²) in [4.78, 5) is 34.1. The lowest BCUT2D eigenvalue weighted by Gasteiger charge is -2.25. The van der Waals surface area contributed by atoms with Gasteiger partial charge in [-0.05, 0) is 31.5 Å². The number of ether oxygens (including phenoxy) is 1. The van der Waals surface area contributed by atoms with Gasteiger partial charge in [-0.15, -0.1) is 0 Å². The van der Waals surface area contributed by atoms with Gasteiger partial charge in [-0.25, -0.2) is 4.39 Å². The van der Waals surface area contributed by atoms with Gasteiger partial charge < -0.3 is 20.7 Å². The Balaban J connectivity index is 1.44. The standard InChI is InChI=1S/C27H27F4N5O3/c1-16-3-4-22(20(7-16)27(29,30)31)36-19-9-21(28)23(34-13-19)14-35-25(38)26(5-6-39-15-26)10-24(37)17-8-18(32-2)12-33-11-17/h3-4,7-9,11-13,32,36H,5-6,10,14-15H2,1-2H3,(H,35,38)/t26-/m0/s1. The van der Waals surface area contributed by atoms with Crippen molar-refractivity contribution < 1.29 is 31.9 Å². The lowest BCUT2D eigenvalue weighted by atomic mass is 9.80. The first-order valence-corrected chi connectivity index (χ1v) is 12.1. The van der Waals surface area contributed by atoms with Crippen LogP contribution in [0.4, 0.5) is 34.6 Å². The van der Waals surface area contributed by atoms with Crippen LogP contribution in [0.5, 0.6) is 0 Å². The predicted molar refractivity (Wildman–Crippen MR) is 136 cm³/mol. The summed E-state index contributed by atoms with van der Waals surface area (Å²) in [6, 6.07) is 6.41. The van der Waals surface area contributed by atoms with Gasteiger partial charge in [0.15, 0.2) is 5.78 Å². The fourth-order valence-corrected chi connectivity index (χ4v) is 4.32. The number of halogens is 4. The number of aromatic nitrogens is 2. The number of carbonyl (C=O) groups excluding carboxylic acids is 2. The third-order valence-electron chi connectivity index (χ3n) is 6.53. The molecule has 0 aliphatic carbocycles. The normalized spacial score (nSPS) is 17.1. The van der Waals surface area contributed by atoms with Gasteiger partial charge in [0.1, 0.15) is 5.82 Å². The van der Waals surface area contributed by atoms with E-state index >= 15 is 0 Å². The highest BCUT2D eigenvalue weighted by Gasteiger charge is 2.44. The molecule has 1 atom stereocenters. The first kappa shape index (κ1) is 28.0. The Morgan fingerprint density at radius 1 is 1.10 bits per heavy atom. The van der Waals surface area contributed by atoms with Crippen LogP contribution < -0.4 is 16.0 Å². The van der Waals surface area contributed by atoms with Gasteiger partial charge >= 0.3 is 6.18 Å². The number of amides is 1. The minimum absolute atomic E-state index is 0.0144. The Bertz CT molecular complexity index is 1370. The van der Waals surface area contributed by atoms with Gasteiger partial charge in [0.05, 0.1) is 53.1 Å². The van der Waals surface area contributed by atoms with E-state index in [0.29, 0.717) is 29.8 Å². The Morgan fingerprint density at radius 3 is 2.56 bits per heavy atom. The molecule has 4 rings (SSSR count). The number of hydrogen-bond donors (Lipinski definition) is 3. The van der Waals surface area contributed by atoms with E-state index in [9.17, 15) is 27.2 Å². The van der Waals surface area contributed by atoms with Gasteiger partial charge in [-0.3, -0.25) is 19.6 Å². The number of nitrogens with zero attached hydrogens (tertiary/aromatic N) is 2. The minimum Gasteiger partial charge on any atom is -0.387 e. The minimum atomic E-state index is -4.60. The molecule has 3 heterocycles. The molecule has 1 aromatic carbocycles. The van der Waals surface area contributed by atoms with E-state index in [2.05, 4.69) is 25.9 Å². The van der Waals surface area contributed by atoms with Crippen LogP contribution in [0.2, 0.25) is 0 Å². The van der Waals surface area contributed by atoms with Crippen LogP contribution >= 0.6 is 0 Å². The highest BCUT2D eigenvalue weighted by atomic mass is 19.4. The van der Waals surface area contributed by atoms with Crippen LogP contribution in [-0.2, 0) is 22.3 Å². The van der Waals surface area contributed by atoms with Gasteiger partial charge in [-0.2, -0.15) is 13.2 Å². The maximum Gasteiger partial charge on any atom is 0.418 e. The Hall–Kier alpha value is -4.06. The summed E-state index contributed by atoms with van der Waals surface area (Å²) >= 11 is 0. The average molecular weight is 546 g/mol. The second-order valence-corrected chi connectivity index (χ2v) is 9.40. The number of nitrogens with one attached hydrogen (secondary N) is 3. The number of Topliss-reactive ketones (excluding diaryl/α,β-unsaturated/α-hetero) is 1. The molecule has 0 spiro atoms. The number of pyridine rings is 2. The molecule has 1 fully saturated rings. The molecule has 1 amide bonds. The Kier molecular flexibility index (Phi) is 8.14. The van der Waals surface area contributed by atoms with Crippen molar-refractivity contribution in [1.82, 2.24) is 15.3 Å². The van der Waals surface area contributed by atoms with Crippen LogP contribution in [-0.4, -0.2) is 41.9 Å². The summed E-state index contributed by atoms with van der Waals surface area (Å²) in [6.07, 6.45) is -0.239. The number of benzene rings is 1. The van der Waals surface area contributed by atoms with E-state index in [0.717, 1.165) is 12.1 Å². The summed E-state index contributed by atoms with van der Waals surface area (Å²) in [5.41, 5.74) is -0.925. The van der Waals surface area contributed by atoms with Crippen LogP contribution in [0.3, 0.4) is 0 Å². The molecular formula is C27H27F4N5O3. The van der Waals surface area contributed by atoms with Gasteiger partial charge in [0.25, 0.3) is 0 Å². The summed E-state index contributed by atoms with van der Waals surface area (Å²) in [5.74, 6) is -1.58. The summed E-state index contributed by atoms with van der Waals surface area (Å²) in [6.45, 7) is 1.58. The van der Waals surface area contributed by atoms with E-state index in [4.69, 9.17) is 4.74 Å². The zero-order valence-corrected chi connectivity index (χ0v) is 21.3. The van der Waals surface area contributed by atoms with E-state index < -0.39 is 28.9 Å². The van der Waals surface area contributed by atoms with Crippen LogP contribution in [0.25, 0.3) is 0 Å². The maximum atomic E-state index is 14.8. The van der Waals surface area contributed by atoms with E-state index in [-0.39, 0.29) is 42.4 Å². The van der Waals surface area contributed by atoms with Gasteiger partial charge in [-0.1, -0.05) is 11.6 Å². The quantitative estimate of drug-likeness (QED) is 0.256. The largest absolute Gasteiger partial charge is 0.418 e. The van der Waals surface area contributed by atoms with Crippen LogP contribution in [0, 0.1) is 18.2 Å². The molecule has 206 valence electrons. The summed E-state index contributed by atoms with van der Waals surface area (Å²) < 4.78 is 60.5. The fraction of sp³-hybridized carbons (Fsp3) is 0.333. The van der Waals surface area contributed by atoms with Crippen molar-refractivity contribution in [2.24, 2.45) is 5.41 Å². The zero-order chi connectivity index (χ0) is 28.2. The zero-order valence-electron chi connectivity index (χ0n) is 21.3. The molecule has 3 N–H and O–H groups in total. The predicted octanol–water partition coefficient (Wildman–Crippen LogP) is 5.02. The van der Waals surface area contributed by atoms with Crippen molar-refractivity contribution in [3.8, 4) is 0 Å². The first-order valence-electron chi connectivity index (χ1n) is 12.1. The fourth-order valence-electron chi connectivity index (χ4n) is 4.32. The van der Waals surface area contributed by atoms with Crippen LogP contribution in [0.15, 0.2) is 48.9 Å². The number of anilines is 3. The number of aryl methyl sites for hydroxylation is 1. The summed E-state index contributed by atoms with van der Waals surface area (Å²) in [7, 11) is 1.70. The highest BCUT2D eigenvalue weighted by molar-refractivity contribution is 6.00. The Labute approximate surface area is 222 Å². The van der Waals surface area contributed by atoms with E-state index in [1.807, 2.05) is 0 Å². The lowest BCUT2D eigenvalue weighted by molar-refractivity contribution is -0.137. The molecule has 0 radical (unpaired) electrons. The molecule has 1 saturated heterocycles. The van der Waals surface area contributed by atoms with Crippen molar-refractivity contribution >= 4 is 28.8 Å². The maximum absolute atomic E-state index is 14.8. The van der Waals surface area contributed by atoms with Gasteiger partial charge in [0.2, 0.25) is 5.91 Å². The third-order valence-corrected chi connectivity index (χ3v) is 6.53. The van der Waals surface area contributed by atoms with E-state index in [1.54, 1.807) is 26.2 Å². The number of alkyl halides is 3. The van der Waals surface area contributed by atoms with Crippen molar-refractivity contribution in [2.45, 2.75) is 32.5 Å². The van der Waals surface area contributed by atoms with Gasteiger partial charge in [0, 0.05) is 44.1 Å². The molecule has 12 heteroatoms. The Morgan fingerprint density at radius 2 is 1.90 bits per heavy atom. The second-order valence-electron chi connectivity index (χ2n) is 9.40. The highest BCUT2D eigenvalue weighted by Crippen LogP contribution is 2.37. The van der Waals surface area contributed by atoms with Crippen molar-refractivity contribution in [3.05, 3.63) is 77.1 Å². The molecular weight excluding hydrogens is 518 g/mol. The first-order chi connectivity index (χ1) is 18.5. The number of hydrogen-bond acceptors (Lipinski definition) is 7. The smallest absolute Gasteiger partial charge is 0.387 e. The molecule has 1 aliphatic heterocycles. The number of ketones is 1. The van der Waals surface area contributed by atoms with Crippen molar-refractivity contribution in [2.75, 3.05) is 30.9 Å². The average Bonchev–Trinajstić information content (AvgIpc) is 3.38. The molecule has 0 saturated carbocycles. The monoisotopic (exact) mass is 545 g/mol. The molecule has 1 aliphatic rings. The third kappa shape index (κ3) is 6.51. The molecule has 0 unspecified atom stereocenters. The number of rotatable bonds is 9. The molecule has 2 aromatic heterocycles. The van der Waals surface area contributed by atoms with Crippen molar-refractivity contribution in [3.63, 3.8) is 0 Å². The lowest BCUT2D eigenvalue weighted by Crippen LogP contribution is -2.43. The molecule has 3 aromatic rings. The number of carbonyl (C=O) groups is 2. The summed E-state index contributed by atoms with van der Waals surface area (Å²) in [5, 5.41) is 8.10. The SMILES string of the molecule is CNc1cncc(C(=O)C[C@@]2(C(=O)NCc3ncc(Nc4ccc(C)cc4C(F)(F)F)cc3F)CCOC2)c1.